The zero-order valence-electron chi connectivity index (χ0n) is 10.5. The fourth-order valence-electron chi connectivity index (χ4n) is 1.94. The Kier molecular flexibility index (Phi) is 3.33. The van der Waals surface area contributed by atoms with E-state index in [1.807, 2.05) is 25.3 Å². The molecule has 0 amide bonds. The molecule has 6 heteroatoms. The zero-order chi connectivity index (χ0) is 13.2. The van der Waals surface area contributed by atoms with Gasteiger partial charge < -0.3 is 14.8 Å². The summed E-state index contributed by atoms with van der Waals surface area (Å²) in [6, 6.07) is 3.88. The van der Waals surface area contributed by atoms with Gasteiger partial charge in [0.15, 0.2) is 11.5 Å². The molecule has 5 nitrogen and oxygen atoms in total. The van der Waals surface area contributed by atoms with E-state index >= 15 is 0 Å². The number of aromatic amines is 1. The third kappa shape index (κ3) is 2.53. The number of aryl methyl sites for hydroxylation is 1. The molecule has 3 rings (SSSR count). The molecule has 0 spiro atoms. The lowest BCUT2D eigenvalue weighted by Crippen LogP contribution is -2.15. The molecule has 0 aliphatic carbocycles. The first kappa shape index (κ1) is 12.3. The first-order valence-electron chi connectivity index (χ1n) is 6.06. The standard InChI is InChI=1S/C13H14BrN3O2/c1-8-9(7-16-17-8)6-15-11-5-13-12(4-10(11)14)18-2-3-19-13/h4-5,7,15H,2-3,6H2,1H3,(H,16,17). The second-order valence-corrected chi connectivity index (χ2v) is 5.20. The number of hydrogen-bond donors (Lipinski definition) is 2. The molecule has 0 radical (unpaired) electrons. The highest BCUT2D eigenvalue weighted by molar-refractivity contribution is 9.10. The highest BCUT2D eigenvalue weighted by atomic mass is 79.9. The monoisotopic (exact) mass is 323 g/mol. The summed E-state index contributed by atoms with van der Waals surface area (Å²) in [5.74, 6) is 1.56. The Labute approximate surface area is 119 Å². The summed E-state index contributed by atoms with van der Waals surface area (Å²) in [5, 5.41) is 10.3. The third-order valence-electron chi connectivity index (χ3n) is 3.04. The minimum Gasteiger partial charge on any atom is -0.486 e. The summed E-state index contributed by atoms with van der Waals surface area (Å²) in [5.41, 5.74) is 3.19. The van der Waals surface area contributed by atoms with Gasteiger partial charge in [0, 0.05) is 34.4 Å². The molecule has 0 bridgehead atoms. The average Bonchev–Trinajstić information content (AvgIpc) is 2.82. The molecular formula is C13H14BrN3O2. The lowest BCUT2D eigenvalue weighted by molar-refractivity contribution is 0.171. The molecule has 0 saturated carbocycles. The number of hydrogen-bond acceptors (Lipinski definition) is 4. The zero-order valence-corrected chi connectivity index (χ0v) is 12.1. The van der Waals surface area contributed by atoms with Crippen LogP contribution in [0, 0.1) is 6.92 Å². The summed E-state index contributed by atoms with van der Waals surface area (Å²) >= 11 is 3.54. The van der Waals surface area contributed by atoms with Gasteiger partial charge in [-0.15, -0.1) is 0 Å². The first-order valence-corrected chi connectivity index (χ1v) is 6.85. The van der Waals surface area contributed by atoms with Gasteiger partial charge in [0.1, 0.15) is 13.2 Å². The van der Waals surface area contributed by atoms with Crippen LogP contribution in [0.5, 0.6) is 11.5 Å². The van der Waals surface area contributed by atoms with Crippen LogP contribution in [0.15, 0.2) is 22.8 Å². The molecule has 2 aromatic rings. The van der Waals surface area contributed by atoms with E-state index in [2.05, 4.69) is 31.4 Å². The van der Waals surface area contributed by atoms with Gasteiger partial charge in [0.25, 0.3) is 0 Å². The van der Waals surface area contributed by atoms with Crippen LogP contribution in [-0.2, 0) is 6.54 Å². The van der Waals surface area contributed by atoms with Gasteiger partial charge in [0.05, 0.1) is 11.9 Å². The Morgan fingerprint density at radius 3 is 2.74 bits per heavy atom. The fraction of sp³-hybridized carbons (Fsp3) is 0.308. The summed E-state index contributed by atoms with van der Waals surface area (Å²) in [6.45, 7) is 3.90. The van der Waals surface area contributed by atoms with Gasteiger partial charge in [-0.3, -0.25) is 5.10 Å². The number of nitrogens with zero attached hydrogens (tertiary/aromatic N) is 1. The lowest BCUT2D eigenvalue weighted by atomic mass is 10.2. The SMILES string of the molecule is Cc1[nH]ncc1CNc1cc2c(cc1Br)OCCO2. The largest absolute Gasteiger partial charge is 0.486 e. The van der Waals surface area contributed by atoms with Crippen LogP contribution in [-0.4, -0.2) is 23.4 Å². The van der Waals surface area contributed by atoms with Crippen molar-refractivity contribution in [2.45, 2.75) is 13.5 Å². The van der Waals surface area contributed by atoms with E-state index in [9.17, 15) is 0 Å². The van der Waals surface area contributed by atoms with Crippen molar-refractivity contribution >= 4 is 21.6 Å². The second-order valence-electron chi connectivity index (χ2n) is 4.35. The smallest absolute Gasteiger partial charge is 0.163 e. The molecule has 1 aliphatic rings. The summed E-state index contributed by atoms with van der Waals surface area (Å²) < 4.78 is 12.1. The molecule has 0 saturated heterocycles. The van der Waals surface area contributed by atoms with Crippen molar-refractivity contribution in [1.29, 1.82) is 0 Å². The minimum absolute atomic E-state index is 0.592. The predicted molar refractivity (Wildman–Crippen MR) is 75.8 cm³/mol. The maximum atomic E-state index is 5.58. The second kappa shape index (κ2) is 5.13. The maximum Gasteiger partial charge on any atom is 0.163 e. The maximum absolute atomic E-state index is 5.58. The highest BCUT2D eigenvalue weighted by Gasteiger charge is 2.14. The number of fused-ring (bicyclic) bond motifs is 1. The van der Waals surface area contributed by atoms with Crippen LogP contribution in [0.25, 0.3) is 0 Å². The summed E-state index contributed by atoms with van der Waals surface area (Å²) in [7, 11) is 0. The molecule has 2 N–H and O–H groups in total. The average molecular weight is 324 g/mol. The van der Waals surface area contributed by atoms with Crippen molar-refractivity contribution in [2.24, 2.45) is 0 Å². The molecule has 0 unspecified atom stereocenters. The Balaban J connectivity index is 1.79. The van der Waals surface area contributed by atoms with Crippen molar-refractivity contribution in [3.05, 3.63) is 34.1 Å². The summed E-state index contributed by atoms with van der Waals surface area (Å²) in [4.78, 5) is 0. The van der Waals surface area contributed by atoms with Gasteiger partial charge >= 0.3 is 0 Å². The first-order chi connectivity index (χ1) is 9.24. The summed E-state index contributed by atoms with van der Waals surface area (Å²) in [6.07, 6.45) is 1.83. The number of halogens is 1. The van der Waals surface area contributed by atoms with Crippen molar-refractivity contribution in [2.75, 3.05) is 18.5 Å². The Bertz CT molecular complexity index is 598. The van der Waals surface area contributed by atoms with Crippen LogP contribution in [0.1, 0.15) is 11.3 Å². The van der Waals surface area contributed by atoms with Gasteiger partial charge in [-0.2, -0.15) is 5.10 Å². The normalized spacial score (nSPS) is 13.4. The topological polar surface area (TPSA) is 59.2 Å². The van der Waals surface area contributed by atoms with Crippen LogP contribution in [0.4, 0.5) is 5.69 Å². The predicted octanol–water partition coefficient (Wildman–Crippen LogP) is 2.86. The van der Waals surface area contributed by atoms with E-state index in [1.165, 1.54) is 0 Å². The van der Waals surface area contributed by atoms with Crippen molar-refractivity contribution in [3.8, 4) is 11.5 Å². The molecule has 19 heavy (non-hydrogen) atoms. The van der Waals surface area contributed by atoms with Gasteiger partial charge in [0.2, 0.25) is 0 Å². The molecular weight excluding hydrogens is 310 g/mol. The molecule has 100 valence electrons. The molecule has 1 aromatic carbocycles. The number of H-pyrrole nitrogens is 1. The van der Waals surface area contributed by atoms with E-state index in [0.29, 0.717) is 19.8 Å². The van der Waals surface area contributed by atoms with E-state index in [4.69, 9.17) is 9.47 Å². The number of ether oxygens (including phenoxy) is 2. The lowest BCUT2D eigenvalue weighted by Gasteiger charge is -2.20. The van der Waals surface area contributed by atoms with E-state index < -0.39 is 0 Å². The fourth-order valence-corrected chi connectivity index (χ4v) is 2.41. The van der Waals surface area contributed by atoms with Crippen LogP contribution in [0.2, 0.25) is 0 Å². The Morgan fingerprint density at radius 2 is 2.05 bits per heavy atom. The molecule has 0 atom stereocenters. The third-order valence-corrected chi connectivity index (χ3v) is 3.69. The van der Waals surface area contributed by atoms with Crippen molar-refractivity contribution in [1.82, 2.24) is 10.2 Å². The van der Waals surface area contributed by atoms with Gasteiger partial charge in [-0.25, -0.2) is 0 Å². The van der Waals surface area contributed by atoms with Crippen LogP contribution < -0.4 is 14.8 Å². The van der Waals surface area contributed by atoms with Gasteiger partial charge in [-0.05, 0) is 22.9 Å². The Morgan fingerprint density at radius 1 is 1.32 bits per heavy atom. The number of benzene rings is 1. The molecule has 0 fully saturated rings. The van der Waals surface area contributed by atoms with Crippen molar-refractivity contribution in [3.63, 3.8) is 0 Å². The van der Waals surface area contributed by atoms with Gasteiger partial charge in [-0.1, -0.05) is 0 Å². The molecule has 2 heterocycles. The van der Waals surface area contributed by atoms with Crippen LogP contribution in [0.3, 0.4) is 0 Å². The number of anilines is 1. The number of aromatic nitrogens is 2. The Hall–Kier alpha value is -1.69. The van der Waals surface area contributed by atoms with E-state index in [0.717, 1.165) is 32.9 Å². The quantitative estimate of drug-likeness (QED) is 0.911. The van der Waals surface area contributed by atoms with E-state index in [-0.39, 0.29) is 0 Å². The molecule has 1 aromatic heterocycles. The highest BCUT2D eigenvalue weighted by Crippen LogP contribution is 2.38. The van der Waals surface area contributed by atoms with E-state index in [1.54, 1.807) is 0 Å². The number of nitrogens with one attached hydrogen (secondary N) is 2. The molecule has 1 aliphatic heterocycles. The van der Waals surface area contributed by atoms with Crippen LogP contribution >= 0.6 is 15.9 Å². The minimum atomic E-state index is 0.592. The van der Waals surface area contributed by atoms with Crippen molar-refractivity contribution < 1.29 is 9.47 Å². The number of rotatable bonds is 3.